The van der Waals surface area contributed by atoms with E-state index in [-0.39, 0.29) is 17.6 Å². The van der Waals surface area contributed by atoms with Crippen LogP contribution < -0.4 is 0 Å². The van der Waals surface area contributed by atoms with Crippen molar-refractivity contribution in [2.75, 3.05) is 0 Å². The first-order valence-electron chi connectivity index (χ1n) is 11.5. The van der Waals surface area contributed by atoms with Crippen molar-refractivity contribution in [1.29, 1.82) is 5.26 Å². The number of hydrogen-bond acceptors (Lipinski definition) is 3. The van der Waals surface area contributed by atoms with Crippen LogP contribution in [0.5, 0.6) is 0 Å². The molecule has 2 saturated carbocycles. The normalized spacial score (nSPS) is 37.9. The summed E-state index contributed by atoms with van der Waals surface area (Å²) in [6.45, 7) is 2.32. The summed E-state index contributed by atoms with van der Waals surface area (Å²) in [6.07, 6.45) is 12.0. The van der Waals surface area contributed by atoms with E-state index in [1.165, 1.54) is 22.8 Å². The molecule has 3 nitrogen and oxygen atoms in total. The summed E-state index contributed by atoms with van der Waals surface area (Å²) in [5.74, 6) is 1.44. The first kappa shape index (κ1) is 19.8. The Bertz CT molecular complexity index is 964. The zero-order chi connectivity index (χ0) is 20.9. The van der Waals surface area contributed by atoms with Crippen molar-refractivity contribution in [3.8, 4) is 6.07 Å². The van der Waals surface area contributed by atoms with Crippen LogP contribution in [0, 0.1) is 28.6 Å². The van der Waals surface area contributed by atoms with Gasteiger partial charge >= 0.3 is 0 Å². The molecule has 6 atom stereocenters. The SMILES string of the molecule is CC12CC(c3ccc(/C=C/C#N)cc3)C3=C4CCC(O)C=C4CCC3C1CCC2O. The first-order chi connectivity index (χ1) is 14.5. The third-order valence-corrected chi connectivity index (χ3v) is 8.50. The van der Waals surface area contributed by atoms with E-state index >= 15 is 0 Å². The lowest BCUT2D eigenvalue weighted by Crippen LogP contribution is -2.45. The maximum absolute atomic E-state index is 10.9. The number of rotatable bonds is 2. The van der Waals surface area contributed by atoms with Gasteiger partial charge in [-0.25, -0.2) is 0 Å². The topological polar surface area (TPSA) is 64.2 Å². The number of fused-ring (bicyclic) bond motifs is 4. The highest BCUT2D eigenvalue weighted by Crippen LogP contribution is 2.63. The van der Waals surface area contributed by atoms with Gasteiger partial charge in [0, 0.05) is 12.0 Å². The van der Waals surface area contributed by atoms with Gasteiger partial charge in [-0.3, -0.25) is 0 Å². The molecule has 1 aromatic rings. The van der Waals surface area contributed by atoms with E-state index in [1.54, 1.807) is 5.57 Å². The van der Waals surface area contributed by atoms with Gasteiger partial charge in [0.15, 0.2) is 0 Å². The molecule has 4 aliphatic carbocycles. The predicted molar refractivity (Wildman–Crippen MR) is 118 cm³/mol. The Hall–Kier alpha value is -2.15. The second-order valence-corrected chi connectivity index (χ2v) is 9.97. The average Bonchev–Trinajstić information content (AvgIpc) is 3.06. The monoisotopic (exact) mass is 401 g/mol. The zero-order valence-electron chi connectivity index (χ0n) is 17.7. The van der Waals surface area contributed by atoms with Crippen molar-refractivity contribution >= 4 is 6.08 Å². The molecular weight excluding hydrogens is 370 g/mol. The zero-order valence-corrected chi connectivity index (χ0v) is 17.7. The molecule has 0 spiro atoms. The number of hydrogen-bond donors (Lipinski definition) is 2. The van der Waals surface area contributed by atoms with Crippen LogP contribution in [-0.4, -0.2) is 22.4 Å². The molecule has 0 bridgehead atoms. The highest BCUT2D eigenvalue weighted by molar-refractivity contribution is 5.54. The van der Waals surface area contributed by atoms with Gasteiger partial charge in [-0.05, 0) is 90.5 Å². The lowest BCUT2D eigenvalue weighted by Gasteiger charge is -2.52. The van der Waals surface area contributed by atoms with Crippen LogP contribution in [0.2, 0.25) is 0 Å². The Morgan fingerprint density at radius 3 is 2.63 bits per heavy atom. The number of allylic oxidation sites excluding steroid dienone is 4. The fraction of sp³-hybridized carbons (Fsp3) is 0.519. The Morgan fingerprint density at radius 1 is 1.07 bits per heavy atom. The number of aliphatic hydroxyl groups is 2. The molecule has 4 aliphatic rings. The number of nitriles is 1. The van der Waals surface area contributed by atoms with Gasteiger partial charge in [-0.2, -0.15) is 5.26 Å². The smallest absolute Gasteiger partial charge is 0.0912 e. The lowest BCUT2D eigenvalue weighted by molar-refractivity contribution is -0.00311. The van der Waals surface area contributed by atoms with Crippen LogP contribution in [0.4, 0.5) is 0 Å². The minimum absolute atomic E-state index is 0.0197. The minimum Gasteiger partial charge on any atom is -0.393 e. The van der Waals surface area contributed by atoms with Gasteiger partial charge in [0.25, 0.3) is 0 Å². The summed E-state index contributed by atoms with van der Waals surface area (Å²) in [7, 11) is 0. The highest BCUT2D eigenvalue weighted by Gasteiger charge is 2.56. The summed E-state index contributed by atoms with van der Waals surface area (Å²) < 4.78 is 0. The molecule has 156 valence electrons. The Labute approximate surface area is 179 Å². The highest BCUT2D eigenvalue weighted by atomic mass is 16.3. The fourth-order valence-electron chi connectivity index (χ4n) is 7.02. The van der Waals surface area contributed by atoms with Gasteiger partial charge in [0.05, 0.1) is 18.3 Å². The summed E-state index contributed by atoms with van der Waals surface area (Å²) in [6, 6.07) is 10.7. The van der Waals surface area contributed by atoms with Crippen LogP contribution in [0.3, 0.4) is 0 Å². The van der Waals surface area contributed by atoms with E-state index < -0.39 is 0 Å². The first-order valence-corrected chi connectivity index (χ1v) is 11.5. The molecule has 0 saturated heterocycles. The molecule has 0 amide bonds. The van der Waals surface area contributed by atoms with Crippen molar-refractivity contribution in [3.63, 3.8) is 0 Å². The maximum atomic E-state index is 10.9. The lowest BCUT2D eigenvalue weighted by atomic mass is 9.53. The summed E-state index contributed by atoms with van der Waals surface area (Å²) in [4.78, 5) is 0. The molecule has 2 N–H and O–H groups in total. The molecule has 2 fully saturated rings. The van der Waals surface area contributed by atoms with E-state index in [9.17, 15) is 10.2 Å². The van der Waals surface area contributed by atoms with Crippen LogP contribution in [-0.2, 0) is 0 Å². The third kappa shape index (κ3) is 3.09. The van der Waals surface area contributed by atoms with E-state index in [0.29, 0.717) is 17.8 Å². The second-order valence-electron chi connectivity index (χ2n) is 9.97. The molecule has 1 aromatic carbocycles. The number of nitrogens with zero attached hydrogens (tertiary/aromatic N) is 1. The van der Waals surface area contributed by atoms with Gasteiger partial charge in [0.2, 0.25) is 0 Å². The summed E-state index contributed by atoms with van der Waals surface area (Å²) in [5.41, 5.74) is 6.84. The maximum Gasteiger partial charge on any atom is 0.0912 e. The van der Waals surface area contributed by atoms with Gasteiger partial charge in [0.1, 0.15) is 0 Å². The van der Waals surface area contributed by atoms with E-state index in [4.69, 9.17) is 5.26 Å². The fourth-order valence-corrected chi connectivity index (χ4v) is 7.02. The van der Waals surface area contributed by atoms with Crippen LogP contribution in [0.15, 0.2) is 53.1 Å². The van der Waals surface area contributed by atoms with Gasteiger partial charge in [-0.1, -0.05) is 42.8 Å². The van der Waals surface area contributed by atoms with Crippen LogP contribution in [0.25, 0.3) is 6.08 Å². The number of benzene rings is 1. The summed E-state index contributed by atoms with van der Waals surface area (Å²) in [5, 5.41) is 29.9. The molecule has 5 rings (SSSR count). The molecule has 0 heterocycles. The van der Waals surface area contributed by atoms with E-state index in [0.717, 1.165) is 50.5 Å². The van der Waals surface area contributed by atoms with Crippen LogP contribution >= 0.6 is 0 Å². The molecule has 0 radical (unpaired) electrons. The molecule has 30 heavy (non-hydrogen) atoms. The van der Waals surface area contributed by atoms with Gasteiger partial charge < -0.3 is 10.2 Å². The Kier molecular flexibility index (Phi) is 4.96. The van der Waals surface area contributed by atoms with Crippen LogP contribution in [0.1, 0.15) is 68.9 Å². The standard InChI is InChI=1S/C27H31NO2/c1-27-16-23(18-6-4-17(5-7-18)3-2-14-28)26-21-11-9-20(29)15-19(21)8-10-22(26)24(27)12-13-25(27)30/h2-7,15,20,22-25,29-30H,8-13,16H2,1H3/b3-2+. The Morgan fingerprint density at radius 2 is 1.87 bits per heavy atom. The largest absolute Gasteiger partial charge is 0.393 e. The quantitative estimate of drug-likeness (QED) is 0.663. The van der Waals surface area contributed by atoms with E-state index in [1.807, 2.05) is 6.08 Å². The molecule has 0 aromatic heterocycles. The van der Waals surface area contributed by atoms with Crippen molar-refractivity contribution in [2.45, 2.75) is 70.0 Å². The average molecular weight is 402 g/mol. The van der Waals surface area contributed by atoms with Crippen molar-refractivity contribution in [2.24, 2.45) is 17.3 Å². The minimum atomic E-state index is -0.298. The third-order valence-electron chi connectivity index (χ3n) is 8.50. The predicted octanol–water partition coefficient (Wildman–Crippen LogP) is 5.28. The van der Waals surface area contributed by atoms with Gasteiger partial charge in [-0.15, -0.1) is 0 Å². The van der Waals surface area contributed by atoms with Crippen molar-refractivity contribution < 1.29 is 10.2 Å². The molecule has 6 unspecified atom stereocenters. The van der Waals surface area contributed by atoms with Crippen molar-refractivity contribution in [1.82, 2.24) is 0 Å². The molecule has 3 heteroatoms. The summed E-state index contributed by atoms with van der Waals surface area (Å²) >= 11 is 0. The second kappa shape index (κ2) is 7.52. The van der Waals surface area contributed by atoms with Crippen molar-refractivity contribution in [3.05, 3.63) is 64.3 Å². The molecular formula is C27H31NO2. The number of aliphatic hydroxyl groups excluding tert-OH is 2. The van der Waals surface area contributed by atoms with E-state index in [2.05, 4.69) is 43.3 Å². The Balaban J connectivity index is 1.61. The molecule has 0 aliphatic heterocycles.